The van der Waals surface area contributed by atoms with Gasteiger partial charge in [-0.25, -0.2) is 0 Å². The average molecular weight is 357 g/mol. The van der Waals surface area contributed by atoms with Crippen molar-refractivity contribution < 1.29 is 4.57 Å². The van der Waals surface area contributed by atoms with Gasteiger partial charge in [-0.15, -0.1) is 0 Å². The molecule has 0 aliphatic carbocycles. The molecule has 2 heteroatoms. The van der Waals surface area contributed by atoms with E-state index >= 15 is 0 Å². The van der Waals surface area contributed by atoms with Crippen LogP contribution in [0.25, 0.3) is 0 Å². The second kappa shape index (κ2) is 17.9. The predicted octanol–water partition coefficient (Wildman–Crippen LogP) is 9.10. The highest BCUT2D eigenvalue weighted by Gasteiger charge is 2.29. The van der Waals surface area contributed by atoms with Crippen LogP contribution in [0.4, 0.5) is 0 Å². The lowest BCUT2D eigenvalue weighted by molar-refractivity contribution is 0.391. The topological polar surface area (TPSA) is 17.1 Å². The summed E-state index contributed by atoms with van der Waals surface area (Å²) in [6, 6.07) is 0. The molecule has 0 rings (SSSR count). The van der Waals surface area contributed by atoms with E-state index in [-0.39, 0.29) is 5.16 Å². The predicted molar refractivity (Wildman–Crippen MR) is 110 cm³/mol. The third kappa shape index (κ3) is 13.4. The van der Waals surface area contributed by atoms with Gasteiger partial charge in [0.15, 0.2) is 8.46 Å². The fraction of sp³-hybridized carbons (Fsp3) is 1.00. The molecule has 0 heterocycles. The number of unbranched alkanes of at least 4 members (excludes halogenated alkanes) is 12. The molecule has 0 saturated carbocycles. The normalized spacial score (nSPS) is 12.1. The fourth-order valence-corrected chi connectivity index (χ4v) is 4.43. The summed E-state index contributed by atoms with van der Waals surface area (Å²) in [6.07, 6.45) is 23.5. The molecule has 0 bridgehead atoms. The van der Waals surface area contributed by atoms with E-state index in [0.29, 0.717) is 8.46 Å². The lowest BCUT2D eigenvalue weighted by Gasteiger charge is -2.27. The maximum absolute atomic E-state index is 12.1. The van der Waals surface area contributed by atoms with Crippen molar-refractivity contribution in [3.8, 4) is 0 Å². The Bertz CT molecular complexity index is 253. The molecule has 0 aliphatic rings. The molecule has 0 aromatic carbocycles. The molecule has 0 radical (unpaired) electrons. The molecule has 144 valence electrons. The fourth-order valence-electron chi connectivity index (χ4n) is 3.68. The lowest BCUT2D eigenvalue weighted by atomic mass is 9.88. The summed E-state index contributed by atoms with van der Waals surface area (Å²) < 4.78 is 12.1. The average Bonchev–Trinajstić information content (AvgIpc) is 2.61. The third-order valence-corrected chi connectivity index (χ3v) is 6.49. The second-order valence-corrected chi connectivity index (χ2v) is 8.94. The summed E-state index contributed by atoms with van der Waals surface area (Å²) in [5.41, 5.74) is 0. The highest BCUT2D eigenvalue weighted by Crippen LogP contribution is 2.40. The standard InChI is InChI=1S/C22H45OP/c1-4-7-10-13-14-15-18-21-22(24-23,19-16-11-8-5-2)20-17-12-9-6-3/h4-21H2,1-3H3. The molecule has 0 spiro atoms. The number of hydrogen-bond donors (Lipinski definition) is 0. The molecule has 24 heavy (non-hydrogen) atoms. The van der Waals surface area contributed by atoms with Crippen molar-refractivity contribution in [3.05, 3.63) is 0 Å². The highest BCUT2D eigenvalue weighted by molar-refractivity contribution is 7.26. The van der Waals surface area contributed by atoms with Crippen molar-refractivity contribution >= 4 is 8.46 Å². The molecular weight excluding hydrogens is 311 g/mol. The number of rotatable bonds is 19. The Balaban J connectivity index is 4.18. The largest absolute Gasteiger partial charge is 0.274 e. The van der Waals surface area contributed by atoms with E-state index in [2.05, 4.69) is 20.8 Å². The first kappa shape index (κ1) is 24.1. The van der Waals surface area contributed by atoms with Crippen LogP contribution >= 0.6 is 8.46 Å². The van der Waals surface area contributed by atoms with Crippen LogP contribution in [0, 0.1) is 0 Å². The zero-order valence-corrected chi connectivity index (χ0v) is 18.0. The van der Waals surface area contributed by atoms with Crippen LogP contribution in [0.2, 0.25) is 0 Å². The van der Waals surface area contributed by atoms with Crippen LogP contribution in [-0.2, 0) is 4.57 Å². The van der Waals surface area contributed by atoms with Crippen molar-refractivity contribution in [2.45, 2.75) is 142 Å². The van der Waals surface area contributed by atoms with E-state index in [1.165, 1.54) is 116 Å². The first-order chi connectivity index (χ1) is 11.7. The SMILES string of the molecule is CCCCCCCCCC(CCCCCC)(CCCCCC)P=O. The van der Waals surface area contributed by atoms with E-state index in [1.54, 1.807) is 0 Å². The number of hydrogen-bond acceptors (Lipinski definition) is 1. The summed E-state index contributed by atoms with van der Waals surface area (Å²) in [5, 5.41) is 0.102. The van der Waals surface area contributed by atoms with E-state index in [0.717, 1.165) is 0 Å². The van der Waals surface area contributed by atoms with Crippen LogP contribution < -0.4 is 0 Å². The van der Waals surface area contributed by atoms with E-state index in [9.17, 15) is 4.57 Å². The van der Waals surface area contributed by atoms with Crippen LogP contribution in [0.5, 0.6) is 0 Å². The molecule has 0 unspecified atom stereocenters. The van der Waals surface area contributed by atoms with E-state index in [1.807, 2.05) is 0 Å². The van der Waals surface area contributed by atoms with Crippen molar-refractivity contribution in [3.63, 3.8) is 0 Å². The van der Waals surface area contributed by atoms with Gasteiger partial charge in [-0.1, -0.05) is 117 Å². The van der Waals surface area contributed by atoms with Gasteiger partial charge in [0, 0.05) is 0 Å². The summed E-state index contributed by atoms with van der Waals surface area (Å²) >= 11 is 0. The maximum atomic E-state index is 12.1. The van der Waals surface area contributed by atoms with Crippen LogP contribution in [0.3, 0.4) is 0 Å². The Morgan fingerprint density at radius 3 is 1.12 bits per heavy atom. The van der Waals surface area contributed by atoms with Crippen molar-refractivity contribution in [1.82, 2.24) is 0 Å². The van der Waals surface area contributed by atoms with Gasteiger partial charge >= 0.3 is 0 Å². The Morgan fingerprint density at radius 2 is 0.792 bits per heavy atom. The first-order valence-electron chi connectivity index (χ1n) is 11.1. The molecule has 0 aromatic rings. The lowest BCUT2D eigenvalue weighted by Crippen LogP contribution is -2.22. The summed E-state index contributed by atoms with van der Waals surface area (Å²) in [5.74, 6) is 0. The van der Waals surface area contributed by atoms with Crippen molar-refractivity contribution in [2.24, 2.45) is 0 Å². The summed E-state index contributed by atoms with van der Waals surface area (Å²) in [7, 11) is 0.430. The van der Waals surface area contributed by atoms with Gasteiger partial charge in [-0.2, -0.15) is 0 Å². The molecule has 0 atom stereocenters. The van der Waals surface area contributed by atoms with E-state index < -0.39 is 0 Å². The smallest absolute Gasteiger partial charge is 0.162 e. The van der Waals surface area contributed by atoms with Gasteiger partial charge < -0.3 is 0 Å². The Kier molecular flexibility index (Phi) is 18.0. The van der Waals surface area contributed by atoms with Crippen LogP contribution in [-0.4, -0.2) is 5.16 Å². The van der Waals surface area contributed by atoms with Gasteiger partial charge in [-0.05, 0) is 19.3 Å². The summed E-state index contributed by atoms with van der Waals surface area (Å²) in [4.78, 5) is 0. The maximum Gasteiger partial charge on any atom is 0.162 e. The Morgan fingerprint density at radius 1 is 0.500 bits per heavy atom. The zero-order valence-electron chi connectivity index (χ0n) is 17.1. The van der Waals surface area contributed by atoms with Gasteiger partial charge in [0.05, 0.1) is 5.16 Å². The highest BCUT2D eigenvalue weighted by atomic mass is 31.1. The van der Waals surface area contributed by atoms with Crippen LogP contribution in [0.1, 0.15) is 136 Å². The minimum atomic E-state index is 0.102. The van der Waals surface area contributed by atoms with Gasteiger partial charge in [0.1, 0.15) is 0 Å². The quantitative estimate of drug-likeness (QED) is 0.166. The zero-order chi connectivity index (χ0) is 17.9. The Labute approximate surface area is 155 Å². The second-order valence-electron chi connectivity index (χ2n) is 7.81. The molecule has 1 nitrogen and oxygen atoms in total. The van der Waals surface area contributed by atoms with Gasteiger partial charge in [0.2, 0.25) is 0 Å². The molecular formula is C22H45OP. The minimum absolute atomic E-state index is 0.102. The minimum Gasteiger partial charge on any atom is -0.274 e. The van der Waals surface area contributed by atoms with Crippen LogP contribution in [0.15, 0.2) is 0 Å². The van der Waals surface area contributed by atoms with Gasteiger partial charge in [-0.3, -0.25) is 4.57 Å². The molecule has 0 fully saturated rings. The van der Waals surface area contributed by atoms with E-state index in [4.69, 9.17) is 0 Å². The van der Waals surface area contributed by atoms with Gasteiger partial charge in [0.25, 0.3) is 0 Å². The molecule has 0 aromatic heterocycles. The van der Waals surface area contributed by atoms with Crippen molar-refractivity contribution in [1.29, 1.82) is 0 Å². The monoisotopic (exact) mass is 356 g/mol. The third-order valence-electron chi connectivity index (χ3n) is 5.43. The van der Waals surface area contributed by atoms with Crippen molar-refractivity contribution in [2.75, 3.05) is 0 Å². The first-order valence-corrected chi connectivity index (χ1v) is 11.9. The Hall–Kier alpha value is 0.100. The molecule has 0 aliphatic heterocycles. The molecule has 0 amide bonds. The summed E-state index contributed by atoms with van der Waals surface area (Å²) in [6.45, 7) is 6.81. The molecule has 0 N–H and O–H groups in total. The molecule has 0 saturated heterocycles.